The molecule has 1 N–H and O–H groups in total. The Bertz CT molecular complexity index is 1360. The number of nitrogens with zero attached hydrogens (tertiary/aromatic N) is 2. The Morgan fingerprint density at radius 2 is 1.59 bits per heavy atom. The van der Waals surface area contributed by atoms with Gasteiger partial charge in [-0.3, -0.25) is 9.59 Å². The molecule has 1 aromatic heterocycles. The maximum absolute atomic E-state index is 12.9. The largest absolute Gasteiger partial charge is 0.457 e. The van der Waals surface area contributed by atoms with E-state index in [1.54, 1.807) is 53.1 Å². The van der Waals surface area contributed by atoms with E-state index in [4.69, 9.17) is 16.3 Å². The second-order valence-corrected chi connectivity index (χ2v) is 7.91. The van der Waals surface area contributed by atoms with Crippen molar-refractivity contribution in [3.63, 3.8) is 0 Å². The van der Waals surface area contributed by atoms with Crippen LogP contribution in [0.25, 0.3) is 11.0 Å². The van der Waals surface area contributed by atoms with E-state index >= 15 is 0 Å². The fourth-order valence-electron chi connectivity index (χ4n) is 3.39. The molecule has 0 spiro atoms. The van der Waals surface area contributed by atoms with Crippen molar-refractivity contribution in [1.29, 1.82) is 0 Å². The molecule has 0 saturated carbocycles. The maximum Gasteiger partial charge on any atom is 0.282 e. The summed E-state index contributed by atoms with van der Waals surface area (Å²) in [7, 11) is 0. The molecule has 0 radical (unpaired) electrons. The molecule has 0 unspecified atom stereocenters. The number of carbonyl (C=O) groups is 1. The number of hydrogen-bond acceptors (Lipinski definition) is 4. The Hall–Kier alpha value is -3.64. The molecule has 0 aliphatic carbocycles. The quantitative estimate of drug-likeness (QED) is 0.424. The molecule has 0 saturated heterocycles. The lowest BCUT2D eigenvalue weighted by Gasteiger charge is -2.13. The SMILES string of the molecule is CCn1c(=O)c(C(=O)Nc2ccc(Oc3ccc(Cl)cc3)cc2)nc2cc(C)c(C)cc21. The van der Waals surface area contributed by atoms with Crippen LogP contribution in [-0.2, 0) is 6.54 Å². The van der Waals surface area contributed by atoms with Crippen LogP contribution in [-0.4, -0.2) is 15.5 Å². The van der Waals surface area contributed by atoms with Gasteiger partial charge < -0.3 is 14.6 Å². The van der Waals surface area contributed by atoms with Gasteiger partial charge in [0.1, 0.15) is 11.5 Å². The Balaban J connectivity index is 1.58. The number of amides is 1. The van der Waals surface area contributed by atoms with Crippen LogP contribution in [0.15, 0.2) is 65.5 Å². The fourth-order valence-corrected chi connectivity index (χ4v) is 3.52. The molecule has 162 valence electrons. The van der Waals surface area contributed by atoms with E-state index in [1.807, 2.05) is 32.9 Å². The van der Waals surface area contributed by atoms with E-state index in [2.05, 4.69) is 10.3 Å². The summed E-state index contributed by atoms with van der Waals surface area (Å²) in [6.45, 7) is 6.28. The van der Waals surface area contributed by atoms with Crippen molar-refractivity contribution in [2.75, 3.05) is 5.32 Å². The average molecular weight is 448 g/mol. The summed E-state index contributed by atoms with van der Waals surface area (Å²) in [4.78, 5) is 30.2. The molecule has 4 aromatic rings. The summed E-state index contributed by atoms with van der Waals surface area (Å²) in [5, 5.41) is 3.38. The van der Waals surface area contributed by atoms with Crippen LogP contribution in [0.5, 0.6) is 11.5 Å². The van der Waals surface area contributed by atoms with Gasteiger partial charge in [-0.1, -0.05) is 11.6 Å². The minimum absolute atomic E-state index is 0.135. The number of hydrogen-bond donors (Lipinski definition) is 1. The van der Waals surface area contributed by atoms with Crippen molar-refractivity contribution in [2.24, 2.45) is 0 Å². The van der Waals surface area contributed by atoms with E-state index in [0.29, 0.717) is 34.3 Å². The van der Waals surface area contributed by atoms with Crippen LogP contribution in [0.2, 0.25) is 5.02 Å². The van der Waals surface area contributed by atoms with Crippen molar-refractivity contribution >= 4 is 34.2 Å². The number of carbonyl (C=O) groups excluding carboxylic acids is 1. The Morgan fingerprint density at radius 1 is 1.00 bits per heavy atom. The van der Waals surface area contributed by atoms with Gasteiger partial charge in [0.15, 0.2) is 5.69 Å². The number of nitrogens with one attached hydrogen (secondary N) is 1. The molecule has 3 aromatic carbocycles. The van der Waals surface area contributed by atoms with Crippen molar-refractivity contribution in [3.8, 4) is 11.5 Å². The van der Waals surface area contributed by atoms with Crippen molar-refractivity contribution in [2.45, 2.75) is 27.3 Å². The minimum atomic E-state index is -0.552. The second kappa shape index (κ2) is 8.85. The number of halogens is 1. The third kappa shape index (κ3) is 4.36. The molecular weight excluding hydrogens is 426 g/mol. The highest BCUT2D eigenvalue weighted by Crippen LogP contribution is 2.24. The third-order valence-corrected chi connectivity index (χ3v) is 5.51. The van der Waals surface area contributed by atoms with Gasteiger partial charge in [0.05, 0.1) is 11.0 Å². The molecule has 0 aliphatic heterocycles. The van der Waals surface area contributed by atoms with Crippen molar-refractivity contribution in [3.05, 3.63) is 92.9 Å². The number of benzene rings is 3. The summed E-state index contributed by atoms with van der Waals surface area (Å²) in [6.07, 6.45) is 0. The van der Waals surface area contributed by atoms with Crippen LogP contribution in [0, 0.1) is 13.8 Å². The zero-order valence-corrected chi connectivity index (χ0v) is 18.7. The Labute approximate surface area is 190 Å². The minimum Gasteiger partial charge on any atom is -0.457 e. The predicted molar refractivity (Wildman–Crippen MR) is 127 cm³/mol. The van der Waals surface area contributed by atoms with Crippen LogP contribution in [0.4, 0.5) is 5.69 Å². The summed E-state index contributed by atoms with van der Waals surface area (Å²) in [5.74, 6) is 0.703. The molecule has 1 heterocycles. The van der Waals surface area contributed by atoms with Crippen LogP contribution in [0.1, 0.15) is 28.5 Å². The highest BCUT2D eigenvalue weighted by Gasteiger charge is 2.18. The maximum atomic E-state index is 12.9. The van der Waals surface area contributed by atoms with Gasteiger partial charge in [-0.15, -0.1) is 0 Å². The van der Waals surface area contributed by atoms with Gasteiger partial charge >= 0.3 is 0 Å². The molecule has 1 amide bonds. The van der Waals surface area contributed by atoms with E-state index in [9.17, 15) is 9.59 Å². The van der Waals surface area contributed by atoms with E-state index in [1.165, 1.54) is 0 Å². The highest BCUT2D eigenvalue weighted by molar-refractivity contribution is 6.30. The van der Waals surface area contributed by atoms with Gasteiger partial charge in [-0.25, -0.2) is 4.98 Å². The zero-order valence-electron chi connectivity index (χ0n) is 18.0. The average Bonchev–Trinajstić information content (AvgIpc) is 2.77. The van der Waals surface area contributed by atoms with Crippen molar-refractivity contribution in [1.82, 2.24) is 9.55 Å². The first kappa shape index (κ1) is 21.6. The first-order valence-electron chi connectivity index (χ1n) is 10.2. The molecule has 0 bridgehead atoms. The lowest BCUT2D eigenvalue weighted by molar-refractivity contribution is 0.102. The number of aryl methyl sites for hydroxylation is 3. The first-order valence-corrected chi connectivity index (χ1v) is 10.6. The second-order valence-electron chi connectivity index (χ2n) is 7.47. The summed E-state index contributed by atoms with van der Waals surface area (Å²) >= 11 is 5.89. The topological polar surface area (TPSA) is 73.2 Å². The number of fused-ring (bicyclic) bond motifs is 1. The molecule has 4 rings (SSSR count). The summed E-state index contributed by atoms with van der Waals surface area (Å²) in [5.41, 5.74) is 3.44. The van der Waals surface area contributed by atoms with Gasteiger partial charge in [0, 0.05) is 17.3 Å². The van der Waals surface area contributed by atoms with Crippen LogP contribution >= 0.6 is 11.6 Å². The Morgan fingerprint density at radius 3 is 2.22 bits per heavy atom. The molecule has 0 atom stereocenters. The van der Waals surface area contributed by atoms with Gasteiger partial charge in [0.25, 0.3) is 11.5 Å². The Kier molecular flexibility index (Phi) is 5.97. The molecule has 0 fully saturated rings. The molecule has 0 aliphatic rings. The van der Waals surface area contributed by atoms with E-state index in [0.717, 1.165) is 16.6 Å². The highest BCUT2D eigenvalue weighted by atomic mass is 35.5. The summed E-state index contributed by atoms with van der Waals surface area (Å²) in [6, 6.07) is 17.7. The number of anilines is 1. The summed E-state index contributed by atoms with van der Waals surface area (Å²) < 4.78 is 7.34. The lowest BCUT2D eigenvalue weighted by Crippen LogP contribution is -2.31. The first-order chi connectivity index (χ1) is 15.4. The van der Waals surface area contributed by atoms with Gasteiger partial charge in [-0.05, 0) is 92.6 Å². The smallest absolute Gasteiger partial charge is 0.282 e. The molecular formula is C25H22ClN3O3. The van der Waals surface area contributed by atoms with Gasteiger partial charge in [0.2, 0.25) is 0 Å². The van der Waals surface area contributed by atoms with Crippen LogP contribution < -0.4 is 15.6 Å². The van der Waals surface area contributed by atoms with E-state index in [-0.39, 0.29) is 5.69 Å². The fraction of sp³-hybridized carbons (Fsp3) is 0.160. The van der Waals surface area contributed by atoms with Crippen molar-refractivity contribution < 1.29 is 9.53 Å². The lowest BCUT2D eigenvalue weighted by atomic mass is 10.1. The number of ether oxygens (including phenoxy) is 1. The van der Waals surface area contributed by atoms with E-state index < -0.39 is 11.5 Å². The zero-order chi connectivity index (χ0) is 22.8. The monoisotopic (exact) mass is 447 g/mol. The number of aromatic nitrogens is 2. The molecule has 7 heteroatoms. The van der Waals surface area contributed by atoms with Gasteiger partial charge in [-0.2, -0.15) is 0 Å². The predicted octanol–water partition coefficient (Wildman–Crippen LogP) is 5.73. The molecule has 6 nitrogen and oxygen atoms in total. The van der Waals surface area contributed by atoms with Crippen LogP contribution in [0.3, 0.4) is 0 Å². The normalized spacial score (nSPS) is 10.9. The molecule has 32 heavy (non-hydrogen) atoms. The third-order valence-electron chi connectivity index (χ3n) is 5.25. The number of rotatable bonds is 5. The standard InChI is InChI=1S/C25H22ClN3O3/c1-4-29-22-14-16(3)15(2)13-21(22)28-23(25(29)31)24(30)27-18-7-11-20(12-8-18)32-19-9-5-17(26)6-10-19/h5-14H,4H2,1-3H3,(H,27,30).